The van der Waals surface area contributed by atoms with E-state index in [0.29, 0.717) is 5.88 Å². The van der Waals surface area contributed by atoms with E-state index in [9.17, 15) is 4.79 Å². The van der Waals surface area contributed by atoms with Gasteiger partial charge in [0.1, 0.15) is 0 Å². The van der Waals surface area contributed by atoms with Gasteiger partial charge in [0.05, 0.1) is 0 Å². The average Bonchev–Trinajstić information content (AvgIpc) is 2.39. The maximum Gasteiger partial charge on any atom is 0.227 e. The summed E-state index contributed by atoms with van der Waals surface area (Å²) in [6.45, 7) is 4.23. The number of nitrogens with one attached hydrogen (secondary N) is 1. The third-order valence-corrected chi connectivity index (χ3v) is 3.35. The Hall–Kier alpha value is -1.02. The van der Waals surface area contributed by atoms with Gasteiger partial charge >= 0.3 is 0 Å². The molecule has 0 aromatic heterocycles. The summed E-state index contributed by atoms with van der Waals surface area (Å²) in [4.78, 5) is 12.2. The fourth-order valence-corrected chi connectivity index (χ4v) is 2.33. The van der Waals surface area contributed by atoms with Crippen molar-refractivity contribution in [1.29, 1.82) is 0 Å². The first-order valence-corrected chi connectivity index (χ1v) is 7.21. The van der Waals surface area contributed by atoms with Gasteiger partial charge < -0.3 is 5.32 Å². The van der Waals surface area contributed by atoms with Crippen molar-refractivity contribution < 1.29 is 4.79 Å². The minimum Gasteiger partial charge on any atom is -0.326 e. The van der Waals surface area contributed by atoms with E-state index in [2.05, 4.69) is 19.2 Å². The molecule has 0 spiro atoms. The SMILES string of the molecule is CCCC(CCC)C(=O)Nc1ccccc1CCl. The van der Waals surface area contributed by atoms with Crippen LogP contribution in [-0.2, 0) is 10.7 Å². The van der Waals surface area contributed by atoms with Gasteiger partial charge in [-0.2, -0.15) is 0 Å². The average molecular weight is 268 g/mol. The number of hydrogen-bond donors (Lipinski definition) is 1. The quantitative estimate of drug-likeness (QED) is 0.720. The van der Waals surface area contributed by atoms with Crippen LogP contribution in [0.3, 0.4) is 0 Å². The number of benzene rings is 1. The normalized spacial score (nSPS) is 10.7. The molecule has 100 valence electrons. The third-order valence-electron chi connectivity index (χ3n) is 3.06. The zero-order valence-electron chi connectivity index (χ0n) is 11.2. The maximum atomic E-state index is 12.2. The van der Waals surface area contributed by atoms with Crippen LogP contribution in [0.25, 0.3) is 0 Å². The van der Waals surface area contributed by atoms with Crippen molar-refractivity contribution in [3.63, 3.8) is 0 Å². The van der Waals surface area contributed by atoms with Crippen molar-refractivity contribution in [2.45, 2.75) is 45.4 Å². The van der Waals surface area contributed by atoms with Crippen molar-refractivity contribution in [3.8, 4) is 0 Å². The van der Waals surface area contributed by atoms with Crippen LogP contribution in [-0.4, -0.2) is 5.91 Å². The molecule has 1 rings (SSSR count). The van der Waals surface area contributed by atoms with Gasteiger partial charge in [-0.15, -0.1) is 11.6 Å². The molecule has 0 aliphatic carbocycles. The monoisotopic (exact) mass is 267 g/mol. The lowest BCUT2D eigenvalue weighted by atomic mass is 9.97. The van der Waals surface area contributed by atoms with E-state index < -0.39 is 0 Å². The summed E-state index contributed by atoms with van der Waals surface area (Å²) in [5.41, 5.74) is 1.81. The Balaban J connectivity index is 2.72. The molecule has 18 heavy (non-hydrogen) atoms. The van der Waals surface area contributed by atoms with Crippen LogP contribution in [0.2, 0.25) is 0 Å². The maximum absolute atomic E-state index is 12.2. The first-order chi connectivity index (χ1) is 8.72. The van der Waals surface area contributed by atoms with E-state index >= 15 is 0 Å². The van der Waals surface area contributed by atoms with E-state index in [1.54, 1.807) is 0 Å². The van der Waals surface area contributed by atoms with Gasteiger partial charge in [-0.25, -0.2) is 0 Å². The molecule has 0 aliphatic rings. The molecule has 1 amide bonds. The second kappa shape index (κ2) is 8.15. The van der Waals surface area contributed by atoms with E-state index in [0.717, 1.165) is 36.9 Å². The number of carbonyl (C=O) groups is 1. The highest BCUT2D eigenvalue weighted by atomic mass is 35.5. The summed E-state index contributed by atoms with van der Waals surface area (Å²) >= 11 is 5.87. The topological polar surface area (TPSA) is 29.1 Å². The smallest absolute Gasteiger partial charge is 0.227 e. The molecule has 1 aromatic carbocycles. The largest absolute Gasteiger partial charge is 0.326 e. The van der Waals surface area contributed by atoms with Crippen molar-refractivity contribution in [3.05, 3.63) is 29.8 Å². The summed E-state index contributed by atoms with van der Waals surface area (Å²) in [6, 6.07) is 7.70. The van der Waals surface area contributed by atoms with Gasteiger partial charge in [0.25, 0.3) is 0 Å². The molecule has 0 aliphatic heterocycles. The van der Waals surface area contributed by atoms with Crippen LogP contribution in [0.1, 0.15) is 45.1 Å². The van der Waals surface area contributed by atoms with E-state index in [1.165, 1.54) is 0 Å². The second-order valence-electron chi connectivity index (χ2n) is 4.55. The number of alkyl halides is 1. The van der Waals surface area contributed by atoms with Crippen molar-refractivity contribution in [2.75, 3.05) is 5.32 Å². The standard InChI is InChI=1S/C15H22ClNO/c1-3-7-12(8-4-2)15(18)17-14-10-6-5-9-13(14)11-16/h5-6,9-10,12H,3-4,7-8,11H2,1-2H3,(H,17,18). The van der Waals surface area contributed by atoms with Crippen molar-refractivity contribution in [1.82, 2.24) is 0 Å². The summed E-state index contributed by atoms with van der Waals surface area (Å²) < 4.78 is 0. The summed E-state index contributed by atoms with van der Waals surface area (Å²) in [6.07, 6.45) is 3.97. The van der Waals surface area contributed by atoms with Crippen LogP contribution in [0, 0.1) is 5.92 Å². The van der Waals surface area contributed by atoms with Crippen LogP contribution in [0.5, 0.6) is 0 Å². The molecule has 3 heteroatoms. The zero-order valence-corrected chi connectivity index (χ0v) is 12.0. The molecule has 0 saturated heterocycles. The molecule has 0 bridgehead atoms. The minimum atomic E-state index is 0.114. The first kappa shape index (κ1) is 15.0. The lowest BCUT2D eigenvalue weighted by Crippen LogP contribution is -2.23. The van der Waals surface area contributed by atoms with Gasteiger partial charge in [0, 0.05) is 17.5 Å². The Bertz CT molecular complexity index is 373. The number of anilines is 1. The first-order valence-electron chi connectivity index (χ1n) is 6.67. The van der Waals surface area contributed by atoms with E-state index in [-0.39, 0.29) is 11.8 Å². The Kier molecular flexibility index (Phi) is 6.81. The van der Waals surface area contributed by atoms with Gasteiger partial charge in [-0.1, -0.05) is 44.9 Å². The highest BCUT2D eigenvalue weighted by molar-refractivity contribution is 6.17. The molecular weight excluding hydrogens is 246 g/mol. The summed E-state index contributed by atoms with van der Waals surface area (Å²) in [5, 5.41) is 3.01. The lowest BCUT2D eigenvalue weighted by Gasteiger charge is -2.16. The van der Waals surface area contributed by atoms with Crippen LogP contribution in [0.15, 0.2) is 24.3 Å². The molecular formula is C15H22ClNO. The minimum absolute atomic E-state index is 0.114. The molecule has 0 fully saturated rings. The predicted octanol–water partition coefficient (Wildman–Crippen LogP) is 4.58. The van der Waals surface area contributed by atoms with E-state index in [4.69, 9.17) is 11.6 Å². The van der Waals surface area contributed by atoms with Crippen molar-refractivity contribution >= 4 is 23.2 Å². The Labute approximate surface area is 115 Å². The molecule has 0 saturated carbocycles. The molecule has 1 aromatic rings. The van der Waals surface area contributed by atoms with Crippen LogP contribution < -0.4 is 5.32 Å². The fraction of sp³-hybridized carbons (Fsp3) is 0.533. The van der Waals surface area contributed by atoms with E-state index in [1.807, 2.05) is 24.3 Å². The lowest BCUT2D eigenvalue weighted by molar-refractivity contribution is -0.120. The van der Waals surface area contributed by atoms with Crippen LogP contribution in [0.4, 0.5) is 5.69 Å². The number of hydrogen-bond acceptors (Lipinski definition) is 1. The highest BCUT2D eigenvalue weighted by Crippen LogP contribution is 2.20. The van der Waals surface area contributed by atoms with Gasteiger partial charge in [0.2, 0.25) is 5.91 Å². The highest BCUT2D eigenvalue weighted by Gasteiger charge is 2.17. The van der Waals surface area contributed by atoms with Gasteiger partial charge in [-0.05, 0) is 24.5 Å². The molecule has 0 atom stereocenters. The van der Waals surface area contributed by atoms with Crippen LogP contribution >= 0.6 is 11.6 Å². The summed E-state index contributed by atoms with van der Waals surface area (Å²) in [5.74, 6) is 0.655. The zero-order chi connectivity index (χ0) is 13.4. The van der Waals surface area contributed by atoms with Gasteiger partial charge in [0.15, 0.2) is 0 Å². The molecule has 1 N–H and O–H groups in total. The molecule has 2 nitrogen and oxygen atoms in total. The fourth-order valence-electron chi connectivity index (χ4n) is 2.10. The number of carbonyl (C=O) groups excluding carboxylic acids is 1. The van der Waals surface area contributed by atoms with Crippen molar-refractivity contribution in [2.24, 2.45) is 5.92 Å². The predicted molar refractivity (Wildman–Crippen MR) is 77.9 cm³/mol. The Morgan fingerprint density at radius 1 is 1.22 bits per heavy atom. The Morgan fingerprint density at radius 2 is 1.83 bits per heavy atom. The number of halogens is 1. The molecule has 0 unspecified atom stereocenters. The second-order valence-corrected chi connectivity index (χ2v) is 4.82. The number of rotatable bonds is 7. The molecule has 0 radical (unpaired) electrons. The molecule has 0 heterocycles. The Morgan fingerprint density at radius 3 is 2.39 bits per heavy atom. The number of para-hydroxylation sites is 1. The van der Waals surface area contributed by atoms with Gasteiger partial charge in [-0.3, -0.25) is 4.79 Å². The third kappa shape index (κ3) is 4.34. The summed E-state index contributed by atoms with van der Waals surface area (Å²) in [7, 11) is 0. The number of amides is 1.